The van der Waals surface area contributed by atoms with Crippen molar-refractivity contribution in [2.45, 2.75) is 6.61 Å². The molecular weight excluding hydrogens is 354 g/mol. The van der Waals surface area contributed by atoms with Crippen molar-refractivity contribution < 1.29 is 30.4 Å². The largest absolute Gasteiger partial charge is 1.00 e. The van der Waals surface area contributed by atoms with Gasteiger partial charge in [-0.1, -0.05) is 30.3 Å². The maximum atomic E-state index is 12.1. The SMILES string of the molecule is C[N+](C)=c1ccn(S(=O)(=O)NC(=O)OCc2ccccc2)cc1.[Cl-]. The minimum absolute atomic E-state index is 0. The topological polar surface area (TPSA) is 80.4 Å². The highest BCUT2D eigenvalue weighted by Gasteiger charge is 2.16. The van der Waals surface area contributed by atoms with Crippen molar-refractivity contribution in [3.63, 3.8) is 0 Å². The summed E-state index contributed by atoms with van der Waals surface area (Å²) in [7, 11) is -0.351. The monoisotopic (exact) mass is 371 g/mol. The van der Waals surface area contributed by atoms with E-state index in [1.165, 1.54) is 12.4 Å². The van der Waals surface area contributed by atoms with Crippen molar-refractivity contribution in [2.75, 3.05) is 14.1 Å². The first-order valence-corrected chi connectivity index (χ1v) is 8.25. The number of benzene rings is 1. The third-order valence-electron chi connectivity index (χ3n) is 3.00. The number of amides is 1. The molecule has 1 aromatic carbocycles. The summed E-state index contributed by atoms with van der Waals surface area (Å²) >= 11 is 0. The van der Waals surface area contributed by atoms with E-state index in [4.69, 9.17) is 4.74 Å². The highest BCUT2D eigenvalue weighted by Crippen LogP contribution is 2.01. The minimum atomic E-state index is -4.03. The normalized spacial score (nSPS) is 10.4. The Hall–Kier alpha value is -2.32. The van der Waals surface area contributed by atoms with Gasteiger partial charge in [0.2, 0.25) is 5.36 Å². The van der Waals surface area contributed by atoms with Gasteiger partial charge < -0.3 is 17.1 Å². The zero-order valence-electron chi connectivity index (χ0n) is 13.2. The summed E-state index contributed by atoms with van der Waals surface area (Å²) in [4.78, 5) is 11.6. The van der Waals surface area contributed by atoms with E-state index in [2.05, 4.69) is 0 Å². The van der Waals surface area contributed by atoms with Crippen LogP contribution in [-0.4, -0.2) is 32.6 Å². The minimum Gasteiger partial charge on any atom is -1.00 e. The zero-order valence-corrected chi connectivity index (χ0v) is 14.8. The van der Waals surface area contributed by atoms with Crippen molar-refractivity contribution in [1.29, 1.82) is 0 Å². The molecule has 0 fully saturated rings. The quantitative estimate of drug-likeness (QED) is 0.605. The molecule has 24 heavy (non-hydrogen) atoms. The van der Waals surface area contributed by atoms with E-state index in [1.807, 2.05) is 29.5 Å². The number of carbonyl (C=O) groups is 1. The molecule has 0 bridgehead atoms. The number of pyridine rings is 1. The molecule has 9 heteroatoms. The lowest BCUT2D eigenvalue weighted by molar-refractivity contribution is -0.0000137. The smallest absolute Gasteiger partial charge is 0.422 e. The van der Waals surface area contributed by atoms with Crippen LogP contribution in [-0.2, 0) is 21.6 Å². The van der Waals surface area contributed by atoms with Crippen LogP contribution in [0.1, 0.15) is 5.56 Å². The summed E-state index contributed by atoms with van der Waals surface area (Å²) in [5.41, 5.74) is 0.767. The molecule has 0 radical (unpaired) electrons. The first-order valence-electron chi connectivity index (χ1n) is 6.81. The lowest BCUT2D eigenvalue weighted by atomic mass is 10.2. The Bertz CT molecular complexity index is 839. The maximum absolute atomic E-state index is 12.1. The molecule has 2 aromatic rings. The molecule has 7 nitrogen and oxygen atoms in total. The fourth-order valence-electron chi connectivity index (χ4n) is 1.77. The van der Waals surface area contributed by atoms with Gasteiger partial charge in [0.15, 0.2) is 0 Å². The van der Waals surface area contributed by atoms with Crippen molar-refractivity contribution in [2.24, 2.45) is 0 Å². The van der Waals surface area contributed by atoms with Gasteiger partial charge in [-0.25, -0.2) is 18.1 Å². The fourth-order valence-corrected chi connectivity index (χ4v) is 2.59. The number of hydrogen-bond donors (Lipinski definition) is 1. The van der Waals surface area contributed by atoms with Crippen LogP contribution in [0.25, 0.3) is 0 Å². The predicted molar refractivity (Wildman–Crippen MR) is 85.6 cm³/mol. The molecular formula is C15H18ClN3O4S. The number of hydrogen-bond acceptors (Lipinski definition) is 4. The van der Waals surface area contributed by atoms with Crippen molar-refractivity contribution in [3.8, 4) is 0 Å². The molecule has 0 aliphatic heterocycles. The molecule has 0 saturated heterocycles. The first-order chi connectivity index (χ1) is 10.9. The van der Waals surface area contributed by atoms with Gasteiger partial charge in [0.25, 0.3) is 0 Å². The molecule has 0 saturated carbocycles. The number of halogens is 1. The van der Waals surface area contributed by atoms with Crippen molar-refractivity contribution in [1.82, 2.24) is 13.3 Å². The number of nitrogens with zero attached hydrogens (tertiary/aromatic N) is 2. The van der Waals surface area contributed by atoms with E-state index in [0.717, 1.165) is 14.9 Å². The molecule has 2 rings (SSSR count). The van der Waals surface area contributed by atoms with Crippen LogP contribution >= 0.6 is 0 Å². The van der Waals surface area contributed by atoms with Crippen molar-refractivity contribution >= 4 is 16.3 Å². The molecule has 0 aliphatic rings. The highest BCUT2D eigenvalue weighted by molar-refractivity contribution is 7.88. The molecule has 1 N–H and O–H groups in total. The molecule has 1 aromatic heterocycles. The van der Waals surface area contributed by atoms with Crippen LogP contribution in [0.15, 0.2) is 54.9 Å². The fraction of sp³-hybridized carbons (Fsp3) is 0.200. The average Bonchev–Trinajstić information content (AvgIpc) is 2.53. The molecule has 0 spiro atoms. The van der Waals surface area contributed by atoms with E-state index < -0.39 is 16.3 Å². The standard InChI is InChI=1S/C15H17N3O4S.ClH/c1-17(2)14-8-10-18(11-9-14)23(20,21)16-15(19)22-12-13-6-4-3-5-7-13;/h3-11H,12H2,1-2H3;1H. The van der Waals surface area contributed by atoms with E-state index in [0.29, 0.717) is 0 Å². The number of nitrogens with one attached hydrogen (secondary N) is 1. The van der Waals surface area contributed by atoms with Crippen molar-refractivity contribution in [3.05, 3.63) is 65.8 Å². The Morgan fingerprint density at radius 1 is 1.12 bits per heavy atom. The van der Waals surface area contributed by atoms with Gasteiger partial charge in [0.1, 0.15) is 20.7 Å². The summed E-state index contributed by atoms with van der Waals surface area (Å²) in [5.74, 6) is 0. The van der Waals surface area contributed by atoms with E-state index >= 15 is 0 Å². The molecule has 0 atom stereocenters. The van der Waals surface area contributed by atoms with E-state index in [9.17, 15) is 13.2 Å². The number of rotatable bonds is 4. The third-order valence-corrected chi connectivity index (χ3v) is 4.23. The Morgan fingerprint density at radius 2 is 1.71 bits per heavy atom. The van der Waals surface area contributed by atoms with Gasteiger partial charge in [0, 0.05) is 24.5 Å². The molecule has 0 aliphatic carbocycles. The molecule has 1 amide bonds. The summed E-state index contributed by atoms with van der Waals surface area (Å²) in [5, 5.41) is 0.836. The molecule has 130 valence electrons. The van der Waals surface area contributed by atoms with Crippen LogP contribution < -0.4 is 27.1 Å². The summed E-state index contributed by atoms with van der Waals surface area (Å²) in [6, 6.07) is 12.2. The Labute approximate surface area is 146 Å². The Kier molecular flexibility index (Phi) is 6.99. The van der Waals surface area contributed by atoms with Gasteiger partial charge in [0.05, 0.1) is 0 Å². The third kappa shape index (κ3) is 5.39. The second-order valence-corrected chi connectivity index (χ2v) is 6.53. The van der Waals surface area contributed by atoms with E-state index in [-0.39, 0.29) is 19.0 Å². The number of ether oxygens (including phenoxy) is 1. The van der Waals surface area contributed by atoms with Crippen LogP contribution in [0.2, 0.25) is 0 Å². The average molecular weight is 372 g/mol. The van der Waals surface area contributed by atoms with Gasteiger partial charge in [-0.15, -0.1) is 0 Å². The van der Waals surface area contributed by atoms with E-state index in [1.54, 1.807) is 36.4 Å². The second-order valence-electron chi connectivity index (χ2n) is 4.95. The van der Waals surface area contributed by atoms with Crippen LogP contribution in [0.3, 0.4) is 0 Å². The lowest BCUT2D eigenvalue weighted by Gasteiger charge is -2.09. The van der Waals surface area contributed by atoms with Gasteiger partial charge in [-0.3, -0.25) is 0 Å². The van der Waals surface area contributed by atoms with Gasteiger partial charge in [-0.2, -0.15) is 8.42 Å². The second kappa shape index (κ2) is 8.51. The lowest BCUT2D eigenvalue weighted by Crippen LogP contribution is -3.00. The maximum Gasteiger partial charge on any atom is 0.422 e. The summed E-state index contributed by atoms with van der Waals surface area (Å²) in [6.45, 7) is -0.00751. The molecule has 0 unspecified atom stereocenters. The Morgan fingerprint density at radius 3 is 2.25 bits per heavy atom. The molecule has 1 heterocycles. The first kappa shape index (κ1) is 19.7. The van der Waals surface area contributed by atoms with Crippen LogP contribution in [0.4, 0.5) is 4.79 Å². The number of carbonyl (C=O) groups excluding carboxylic acids is 1. The summed E-state index contributed by atoms with van der Waals surface area (Å²) < 4.78 is 33.6. The van der Waals surface area contributed by atoms with Gasteiger partial charge in [-0.05, 0) is 5.56 Å². The van der Waals surface area contributed by atoms with Gasteiger partial charge >= 0.3 is 16.3 Å². The van der Waals surface area contributed by atoms with Crippen LogP contribution in [0, 0.1) is 0 Å². The predicted octanol–water partition coefficient (Wildman–Crippen LogP) is -2.46. The highest BCUT2D eigenvalue weighted by atomic mass is 35.5. The zero-order chi connectivity index (χ0) is 16.9. The Balaban J connectivity index is 0.00000288. The number of aromatic nitrogens is 1. The van der Waals surface area contributed by atoms with Crippen LogP contribution in [0.5, 0.6) is 0 Å². The summed E-state index contributed by atoms with van der Waals surface area (Å²) in [6.07, 6.45) is 1.67.